The number of benzene rings is 1. The number of carboxylic acids is 1. The highest BCUT2D eigenvalue weighted by molar-refractivity contribution is 6.00. The number of esters is 1. The van der Waals surface area contributed by atoms with Crippen LogP contribution in [0, 0.1) is 0 Å². The van der Waals surface area contributed by atoms with Crippen molar-refractivity contribution in [2.24, 2.45) is 0 Å². The van der Waals surface area contributed by atoms with Gasteiger partial charge in [0.05, 0.1) is 30.9 Å². The number of hydrogen-bond acceptors (Lipinski definition) is 4. The summed E-state index contributed by atoms with van der Waals surface area (Å²) in [7, 11) is 1.33. The lowest BCUT2D eigenvalue weighted by molar-refractivity contribution is -0.140. The third kappa shape index (κ3) is 2.17. The van der Waals surface area contributed by atoms with Gasteiger partial charge in [0.1, 0.15) is 5.52 Å². The van der Waals surface area contributed by atoms with Gasteiger partial charge in [-0.3, -0.25) is 4.79 Å². The quantitative estimate of drug-likeness (QED) is 0.825. The first-order valence-corrected chi connectivity index (χ1v) is 5.37. The number of methoxy groups -OCH3 is 1. The zero-order chi connectivity index (χ0) is 13.1. The molecule has 18 heavy (non-hydrogen) atoms. The predicted molar refractivity (Wildman–Crippen MR) is 63.3 cm³/mol. The summed E-state index contributed by atoms with van der Waals surface area (Å²) in [5, 5.41) is 9.02. The molecule has 1 aromatic carbocycles. The van der Waals surface area contributed by atoms with E-state index in [1.807, 2.05) is 0 Å². The van der Waals surface area contributed by atoms with E-state index in [4.69, 9.17) is 5.11 Å². The molecule has 2 aromatic rings. The standard InChI is InChI=1S/C12H12N2O4/c1-18-10(15)5-6-14-7-13-11-8(12(16)17)3-2-4-9(11)14/h2-4,7H,5-6H2,1H3,(H,16,17). The van der Waals surface area contributed by atoms with Crippen LogP contribution < -0.4 is 0 Å². The highest BCUT2D eigenvalue weighted by Crippen LogP contribution is 2.17. The van der Waals surface area contributed by atoms with Crippen molar-refractivity contribution in [1.82, 2.24) is 9.55 Å². The number of nitrogens with zero attached hydrogens (tertiary/aromatic N) is 2. The van der Waals surface area contributed by atoms with E-state index in [9.17, 15) is 9.59 Å². The molecule has 0 aliphatic rings. The van der Waals surface area contributed by atoms with Gasteiger partial charge in [0, 0.05) is 6.54 Å². The monoisotopic (exact) mass is 248 g/mol. The fourth-order valence-electron chi connectivity index (χ4n) is 1.75. The van der Waals surface area contributed by atoms with Crippen LogP contribution in [0.2, 0.25) is 0 Å². The molecule has 1 heterocycles. The molecule has 0 radical (unpaired) electrons. The van der Waals surface area contributed by atoms with E-state index in [1.54, 1.807) is 16.7 Å². The number of carboxylic acid groups (broad SMARTS) is 1. The fourth-order valence-corrected chi connectivity index (χ4v) is 1.75. The molecule has 0 amide bonds. The number of aromatic nitrogens is 2. The minimum absolute atomic E-state index is 0.157. The number of aryl methyl sites for hydroxylation is 1. The van der Waals surface area contributed by atoms with E-state index >= 15 is 0 Å². The number of carbonyl (C=O) groups is 2. The fraction of sp³-hybridized carbons (Fsp3) is 0.250. The highest BCUT2D eigenvalue weighted by atomic mass is 16.5. The lowest BCUT2D eigenvalue weighted by Crippen LogP contribution is -2.06. The second-order valence-electron chi connectivity index (χ2n) is 3.74. The van der Waals surface area contributed by atoms with Crippen LogP contribution in [0.3, 0.4) is 0 Å². The van der Waals surface area contributed by atoms with Crippen LogP contribution in [0.25, 0.3) is 11.0 Å². The number of carbonyl (C=O) groups excluding carboxylic acids is 1. The molecule has 94 valence electrons. The van der Waals surface area contributed by atoms with E-state index < -0.39 is 5.97 Å². The predicted octanol–water partition coefficient (Wildman–Crippen LogP) is 1.30. The van der Waals surface area contributed by atoms with Crippen LogP contribution in [0.5, 0.6) is 0 Å². The van der Waals surface area contributed by atoms with Crippen molar-refractivity contribution < 1.29 is 19.4 Å². The van der Waals surface area contributed by atoms with Gasteiger partial charge in [-0.15, -0.1) is 0 Å². The molecule has 6 heteroatoms. The van der Waals surface area contributed by atoms with Crippen molar-refractivity contribution in [2.45, 2.75) is 13.0 Å². The van der Waals surface area contributed by atoms with Crippen molar-refractivity contribution in [3.63, 3.8) is 0 Å². The average Bonchev–Trinajstić information content (AvgIpc) is 2.78. The summed E-state index contributed by atoms with van der Waals surface area (Å²) >= 11 is 0. The number of rotatable bonds is 4. The van der Waals surface area contributed by atoms with Gasteiger partial charge in [-0.2, -0.15) is 0 Å². The van der Waals surface area contributed by atoms with Crippen molar-refractivity contribution in [1.29, 1.82) is 0 Å². The molecule has 1 N–H and O–H groups in total. The molecule has 6 nitrogen and oxygen atoms in total. The lowest BCUT2D eigenvalue weighted by Gasteiger charge is -2.03. The van der Waals surface area contributed by atoms with Gasteiger partial charge < -0.3 is 14.4 Å². The van der Waals surface area contributed by atoms with Gasteiger partial charge in [-0.1, -0.05) is 6.07 Å². The number of ether oxygens (including phenoxy) is 1. The maximum absolute atomic E-state index is 11.1. The van der Waals surface area contributed by atoms with Crippen LogP contribution >= 0.6 is 0 Å². The number of aromatic carboxylic acids is 1. The molecule has 0 saturated heterocycles. The second kappa shape index (κ2) is 4.87. The molecule has 0 bridgehead atoms. The van der Waals surface area contributed by atoms with Gasteiger partial charge in [0.15, 0.2) is 0 Å². The Morgan fingerprint density at radius 1 is 1.44 bits per heavy atom. The molecule has 2 rings (SSSR count). The van der Waals surface area contributed by atoms with Crippen LogP contribution in [0.1, 0.15) is 16.8 Å². The van der Waals surface area contributed by atoms with E-state index in [-0.39, 0.29) is 18.0 Å². The summed E-state index contributed by atoms with van der Waals surface area (Å²) < 4.78 is 6.29. The Kier molecular flexibility index (Phi) is 3.27. The normalized spacial score (nSPS) is 10.5. The molecule has 0 spiro atoms. The van der Waals surface area contributed by atoms with Crippen molar-refractivity contribution >= 4 is 23.0 Å². The molecule has 0 unspecified atom stereocenters. The van der Waals surface area contributed by atoms with E-state index in [2.05, 4.69) is 9.72 Å². The molecule has 0 aliphatic heterocycles. The second-order valence-corrected chi connectivity index (χ2v) is 3.74. The Labute approximate surface area is 103 Å². The van der Waals surface area contributed by atoms with Crippen LogP contribution in [0.4, 0.5) is 0 Å². The summed E-state index contributed by atoms with van der Waals surface area (Å²) in [6.07, 6.45) is 1.75. The average molecular weight is 248 g/mol. The van der Waals surface area contributed by atoms with Crippen LogP contribution in [-0.4, -0.2) is 33.7 Å². The van der Waals surface area contributed by atoms with Gasteiger partial charge in [-0.25, -0.2) is 9.78 Å². The summed E-state index contributed by atoms with van der Waals surface area (Å²) in [6.45, 7) is 0.409. The summed E-state index contributed by atoms with van der Waals surface area (Å²) in [5.74, 6) is -1.33. The molecular formula is C12H12N2O4. The Bertz CT molecular complexity index is 603. The first-order chi connectivity index (χ1) is 8.63. The van der Waals surface area contributed by atoms with Gasteiger partial charge >= 0.3 is 11.9 Å². The third-order valence-corrected chi connectivity index (χ3v) is 2.67. The van der Waals surface area contributed by atoms with Gasteiger partial charge in [0.2, 0.25) is 0 Å². The molecule has 1 aromatic heterocycles. The first-order valence-electron chi connectivity index (χ1n) is 5.37. The summed E-state index contributed by atoms with van der Waals surface area (Å²) in [6, 6.07) is 4.93. The number of fused-ring (bicyclic) bond motifs is 1. The maximum atomic E-state index is 11.1. The van der Waals surface area contributed by atoms with E-state index in [1.165, 1.54) is 19.5 Å². The summed E-state index contributed by atoms with van der Waals surface area (Å²) in [4.78, 5) is 26.2. The Morgan fingerprint density at radius 2 is 2.22 bits per heavy atom. The third-order valence-electron chi connectivity index (χ3n) is 2.67. The van der Waals surface area contributed by atoms with Gasteiger partial charge in [0.25, 0.3) is 0 Å². The van der Waals surface area contributed by atoms with Gasteiger partial charge in [-0.05, 0) is 12.1 Å². The summed E-state index contributed by atoms with van der Waals surface area (Å²) in [5.41, 5.74) is 1.28. The highest BCUT2D eigenvalue weighted by Gasteiger charge is 2.12. The topological polar surface area (TPSA) is 81.4 Å². The SMILES string of the molecule is COC(=O)CCn1cnc2c(C(=O)O)cccc21. The lowest BCUT2D eigenvalue weighted by atomic mass is 10.2. The smallest absolute Gasteiger partial charge is 0.337 e. The van der Waals surface area contributed by atoms with Crippen molar-refractivity contribution in [3.8, 4) is 0 Å². The number of hydrogen-bond donors (Lipinski definition) is 1. The molecule has 0 aliphatic carbocycles. The Hall–Kier alpha value is -2.37. The maximum Gasteiger partial charge on any atom is 0.337 e. The molecule has 0 fully saturated rings. The van der Waals surface area contributed by atoms with E-state index in [0.29, 0.717) is 17.6 Å². The minimum Gasteiger partial charge on any atom is -0.478 e. The zero-order valence-electron chi connectivity index (χ0n) is 9.79. The van der Waals surface area contributed by atoms with Crippen LogP contribution in [0.15, 0.2) is 24.5 Å². The minimum atomic E-state index is -1.01. The molecule has 0 saturated carbocycles. The Morgan fingerprint density at radius 3 is 2.89 bits per heavy atom. The molecular weight excluding hydrogens is 236 g/mol. The Balaban J connectivity index is 2.34. The molecule has 0 atom stereocenters. The number of imidazole rings is 1. The van der Waals surface area contributed by atoms with Crippen molar-refractivity contribution in [2.75, 3.05) is 7.11 Å². The van der Waals surface area contributed by atoms with Crippen molar-refractivity contribution in [3.05, 3.63) is 30.1 Å². The van der Waals surface area contributed by atoms with E-state index in [0.717, 1.165) is 0 Å². The largest absolute Gasteiger partial charge is 0.478 e. The first kappa shape index (κ1) is 12.1. The number of para-hydroxylation sites is 1. The van der Waals surface area contributed by atoms with Crippen LogP contribution in [-0.2, 0) is 16.1 Å². The zero-order valence-corrected chi connectivity index (χ0v) is 9.79.